The lowest BCUT2D eigenvalue weighted by Crippen LogP contribution is -2.12. The van der Waals surface area contributed by atoms with Crippen LogP contribution in [0.5, 0.6) is 0 Å². The van der Waals surface area contributed by atoms with Gasteiger partial charge < -0.3 is 5.73 Å². The summed E-state index contributed by atoms with van der Waals surface area (Å²) in [6.07, 6.45) is 5.69. The van der Waals surface area contributed by atoms with E-state index in [0.29, 0.717) is 0 Å². The molecular formula is C15H17N5. The van der Waals surface area contributed by atoms with E-state index in [1.54, 1.807) is 6.20 Å². The van der Waals surface area contributed by atoms with Crippen molar-refractivity contribution in [3.8, 4) is 5.69 Å². The molecule has 0 aliphatic heterocycles. The molecule has 5 nitrogen and oxygen atoms in total. The molecule has 0 spiro atoms. The number of hydrogen-bond acceptors (Lipinski definition) is 3. The SMILES string of the molecule is CCn1cc(C(N)c2ccn(-c3ccccc3)n2)cn1. The molecule has 2 heterocycles. The highest BCUT2D eigenvalue weighted by Gasteiger charge is 2.14. The minimum atomic E-state index is -0.250. The third kappa shape index (κ3) is 2.35. The van der Waals surface area contributed by atoms with Gasteiger partial charge in [0.05, 0.1) is 23.6 Å². The predicted molar refractivity (Wildman–Crippen MR) is 77.5 cm³/mol. The van der Waals surface area contributed by atoms with Crippen molar-refractivity contribution in [2.75, 3.05) is 0 Å². The predicted octanol–water partition coefficient (Wildman–Crippen LogP) is 2.14. The van der Waals surface area contributed by atoms with Crippen LogP contribution in [-0.4, -0.2) is 19.6 Å². The Kier molecular flexibility index (Phi) is 3.35. The molecule has 1 aromatic carbocycles. The topological polar surface area (TPSA) is 61.7 Å². The third-order valence-corrected chi connectivity index (χ3v) is 3.29. The molecule has 1 atom stereocenters. The van der Waals surface area contributed by atoms with Crippen molar-refractivity contribution in [2.24, 2.45) is 5.73 Å². The number of aryl methyl sites for hydroxylation is 1. The normalized spacial score (nSPS) is 12.5. The Balaban J connectivity index is 1.86. The second-order valence-corrected chi connectivity index (χ2v) is 4.63. The number of nitrogens with two attached hydrogens (primary N) is 1. The van der Waals surface area contributed by atoms with Crippen molar-refractivity contribution >= 4 is 0 Å². The fourth-order valence-corrected chi connectivity index (χ4v) is 2.11. The van der Waals surface area contributed by atoms with Crippen LogP contribution in [0.3, 0.4) is 0 Å². The fourth-order valence-electron chi connectivity index (χ4n) is 2.11. The quantitative estimate of drug-likeness (QED) is 0.787. The summed E-state index contributed by atoms with van der Waals surface area (Å²) >= 11 is 0. The molecule has 2 N–H and O–H groups in total. The average molecular weight is 267 g/mol. The molecule has 102 valence electrons. The number of hydrogen-bond donors (Lipinski definition) is 1. The van der Waals surface area contributed by atoms with Gasteiger partial charge in [0.25, 0.3) is 0 Å². The lowest BCUT2D eigenvalue weighted by Gasteiger charge is -2.06. The Hall–Kier alpha value is -2.40. The first-order valence-corrected chi connectivity index (χ1v) is 6.67. The highest BCUT2D eigenvalue weighted by molar-refractivity contribution is 5.31. The van der Waals surface area contributed by atoms with Crippen molar-refractivity contribution in [2.45, 2.75) is 19.5 Å². The van der Waals surface area contributed by atoms with Gasteiger partial charge in [-0.2, -0.15) is 10.2 Å². The summed E-state index contributed by atoms with van der Waals surface area (Å²) in [6, 6.07) is 11.7. The Morgan fingerprint density at radius 2 is 2.00 bits per heavy atom. The smallest absolute Gasteiger partial charge is 0.0842 e. The highest BCUT2D eigenvalue weighted by Crippen LogP contribution is 2.18. The van der Waals surface area contributed by atoms with Gasteiger partial charge >= 0.3 is 0 Å². The summed E-state index contributed by atoms with van der Waals surface area (Å²) in [5.74, 6) is 0. The molecule has 1 unspecified atom stereocenters. The fraction of sp³-hybridized carbons (Fsp3) is 0.200. The zero-order valence-corrected chi connectivity index (χ0v) is 11.3. The molecule has 0 saturated heterocycles. The third-order valence-electron chi connectivity index (χ3n) is 3.29. The average Bonchev–Trinajstić information content (AvgIpc) is 3.17. The number of aromatic nitrogens is 4. The van der Waals surface area contributed by atoms with Crippen LogP contribution in [0.15, 0.2) is 55.0 Å². The summed E-state index contributed by atoms with van der Waals surface area (Å²) in [6.45, 7) is 2.89. The van der Waals surface area contributed by atoms with Crippen molar-refractivity contribution in [3.63, 3.8) is 0 Å². The monoisotopic (exact) mass is 267 g/mol. The lowest BCUT2D eigenvalue weighted by molar-refractivity contribution is 0.658. The molecule has 3 aromatic rings. The van der Waals surface area contributed by atoms with Crippen LogP contribution in [-0.2, 0) is 6.54 Å². The Morgan fingerprint density at radius 1 is 1.20 bits per heavy atom. The van der Waals surface area contributed by atoms with Gasteiger partial charge in [0.15, 0.2) is 0 Å². The molecule has 0 bridgehead atoms. The molecular weight excluding hydrogens is 250 g/mol. The van der Waals surface area contributed by atoms with Crippen LogP contribution in [0, 0.1) is 0 Å². The van der Waals surface area contributed by atoms with E-state index < -0.39 is 0 Å². The highest BCUT2D eigenvalue weighted by atomic mass is 15.3. The van der Waals surface area contributed by atoms with Gasteiger partial charge in [0.2, 0.25) is 0 Å². The van der Waals surface area contributed by atoms with E-state index in [1.165, 1.54) is 0 Å². The van der Waals surface area contributed by atoms with Crippen LogP contribution in [0.4, 0.5) is 0 Å². The standard InChI is InChI=1S/C15H17N5/c1-2-19-11-12(10-17-19)15(16)14-8-9-20(18-14)13-6-4-3-5-7-13/h3-11,15H,2,16H2,1H3. The minimum Gasteiger partial charge on any atom is -0.319 e. The van der Waals surface area contributed by atoms with Gasteiger partial charge in [0, 0.05) is 24.5 Å². The maximum Gasteiger partial charge on any atom is 0.0842 e. The molecule has 20 heavy (non-hydrogen) atoms. The number of benzene rings is 1. The molecule has 5 heteroatoms. The van der Waals surface area contributed by atoms with E-state index in [9.17, 15) is 0 Å². The van der Waals surface area contributed by atoms with Crippen LogP contribution in [0.2, 0.25) is 0 Å². The first-order valence-electron chi connectivity index (χ1n) is 6.67. The molecule has 0 aliphatic carbocycles. The second kappa shape index (κ2) is 5.30. The number of nitrogens with zero attached hydrogens (tertiary/aromatic N) is 4. The molecule has 0 amide bonds. The van der Waals surface area contributed by atoms with Crippen molar-refractivity contribution < 1.29 is 0 Å². The van der Waals surface area contributed by atoms with Crippen LogP contribution in [0.25, 0.3) is 5.69 Å². The molecule has 2 aromatic heterocycles. The van der Waals surface area contributed by atoms with Gasteiger partial charge in [-0.05, 0) is 25.1 Å². The summed E-state index contributed by atoms with van der Waals surface area (Å²) in [7, 11) is 0. The van der Waals surface area contributed by atoms with Crippen LogP contribution in [0.1, 0.15) is 24.2 Å². The summed E-state index contributed by atoms with van der Waals surface area (Å²) < 4.78 is 3.70. The van der Waals surface area contributed by atoms with Gasteiger partial charge in [-0.1, -0.05) is 18.2 Å². The van der Waals surface area contributed by atoms with Crippen molar-refractivity contribution in [1.29, 1.82) is 0 Å². The van der Waals surface area contributed by atoms with E-state index in [4.69, 9.17) is 5.73 Å². The first kappa shape index (κ1) is 12.6. The maximum absolute atomic E-state index is 6.25. The summed E-state index contributed by atoms with van der Waals surface area (Å²) in [5.41, 5.74) is 9.08. The molecule has 0 aliphatic rings. The van der Waals surface area contributed by atoms with Crippen molar-refractivity contribution in [1.82, 2.24) is 19.6 Å². The molecule has 0 radical (unpaired) electrons. The minimum absolute atomic E-state index is 0.250. The number of para-hydroxylation sites is 1. The van der Waals surface area contributed by atoms with Crippen LogP contribution >= 0.6 is 0 Å². The summed E-state index contributed by atoms with van der Waals surface area (Å²) in [5, 5.41) is 8.79. The van der Waals surface area contributed by atoms with E-state index in [-0.39, 0.29) is 6.04 Å². The molecule has 3 rings (SSSR count). The Bertz CT molecular complexity index is 683. The van der Waals surface area contributed by atoms with Gasteiger partial charge in [-0.3, -0.25) is 4.68 Å². The Labute approximate surface area is 117 Å². The maximum atomic E-state index is 6.25. The summed E-state index contributed by atoms with van der Waals surface area (Å²) in [4.78, 5) is 0. The van der Waals surface area contributed by atoms with Crippen molar-refractivity contribution in [3.05, 3.63) is 66.2 Å². The largest absolute Gasteiger partial charge is 0.319 e. The van der Waals surface area contributed by atoms with E-state index in [1.807, 2.05) is 65.1 Å². The van der Waals surface area contributed by atoms with E-state index in [0.717, 1.165) is 23.5 Å². The zero-order valence-electron chi connectivity index (χ0n) is 11.3. The van der Waals surface area contributed by atoms with E-state index >= 15 is 0 Å². The van der Waals surface area contributed by atoms with Crippen LogP contribution < -0.4 is 5.73 Å². The van der Waals surface area contributed by atoms with Gasteiger partial charge in [0.1, 0.15) is 0 Å². The van der Waals surface area contributed by atoms with Gasteiger partial charge in [-0.25, -0.2) is 4.68 Å². The Morgan fingerprint density at radius 3 is 2.70 bits per heavy atom. The number of rotatable bonds is 4. The second-order valence-electron chi connectivity index (χ2n) is 4.63. The zero-order chi connectivity index (χ0) is 13.9. The molecule has 0 saturated carbocycles. The molecule has 0 fully saturated rings. The van der Waals surface area contributed by atoms with Gasteiger partial charge in [-0.15, -0.1) is 0 Å². The lowest BCUT2D eigenvalue weighted by atomic mass is 10.1. The first-order chi connectivity index (χ1) is 9.78. The van der Waals surface area contributed by atoms with E-state index in [2.05, 4.69) is 10.2 Å².